The summed E-state index contributed by atoms with van der Waals surface area (Å²) in [6, 6.07) is 0.480. The SMILES string of the molecule is CCC(CC)C(=O)NCC(C)N1CCCCC1. The minimum atomic E-state index is 0.198. The van der Waals surface area contributed by atoms with Crippen LogP contribution in [0.4, 0.5) is 0 Å². The summed E-state index contributed by atoms with van der Waals surface area (Å²) in [7, 11) is 0. The number of piperidine rings is 1. The average Bonchev–Trinajstić information content (AvgIpc) is 2.38. The standard InChI is InChI=1S/C14H28N2O/c1-4-13(5-2)14(17)15-11-12(3)16-9-7-6-8-10-16/h12-13H,4-11H2,1-3H3,(H,15,17). The molecule has 0 bridgehead atoms. The van der Waals surface area contributed by atoms with Crippen molar-refractivity contribution in [2.75, 3.05) is 19.6 Å². The summed E-state index contributed by atoms with van der Waals surface area (Å²) in [6.45, 7) is 9.58. The molecule has 1 saturated heterocycles. The van der Waals surface area contributed by atoms with Crippen LogP contribution in [0.5, 0.6) is 0 Å². The van der Waals surface area contributed by atoms with Gasteiger partial charge in [0, 0.05) is 18.5 Å². The zero-order chi connectivity index (χ0) is 12.7. The van der Waals surface area contributed by atoms with Gasteiger partial charge in [-0.1, -0.05) is 20.3 Å². The Bertz CT molecular complexity index is 220. The second-order valence-corrected chi connectivity index (χ2v) is 5.20. The third kappa shape index (κ3) is 4.66. The molecule has 100 valence electrons. The number of hydrogen-bond acceptors (Lipinski definition) is 2. The molecule has 0 aromatic rings. The van der Waals surface area contributed by atoms with Gasteiger partial charge in [-0.3, -0.25) is 9.69 Å². The Kier molecular flexibility index (Phi) is 6.56. The van der Waals surface area contributed by atoms with Crippen LogP contribution in [0, 0.1) is 5.92 Å². The number of carbonyl (C=O) groups is 1. The highest BCUT2D eigenvalue weighted by atomic mass is 16.1. The average molecular weight is 240 g/mol. The van der Waals surface area contributed by atoms with Crippen LogP contribution >= 0.6 is 0 Å². The van der Waals surface area contributed by atoms with E-state index in [-0.39, 0.29) is 11.8 Å². The van der Waals surface area contributed by atoms with Gasteiger partial charge < -0.3 is 5.32 Å². The second-order valence-electron chi connectivity index (χ2n) is 5.20. The molecule has 1 heterocycles. The maximum absolute atomic E-state index is 11.9. The quantitative estimate of drug-likeness (QED) is 0.773. The molecule has 0 aromatic carbocycles. The monoisotopic (exact) mass is 240 g/mol. The fourth-order valence-corrected chi connectivity index (χ4v) is 2.54. The van der Waals surface area contributed by atoms with Crippen LogP contribution in [0.1, 0.15) is 52.9 Å². The summed E-state index contributed by atoms with van der Waals surface area (Å²) >= 11 is 0. The van der Waals surface area contributed by atoms with Gasteiger partial charge in [-0.2, -0.15) is 0 Å². The lowest BCUT2D eigenvalue weighted by molar-refractivity contribution is -0.125. The first-order chi connectivity index (χ1) is 8.19. The van der Waals surface area contributed by atoms with Crippen LogP contribution in [-0.2, 0) is 4.79 Å². The molecule has 0 saturated carbocycles. The minimum Gasteiger partial charge on any atom is -0.354 e. The summed E-state index contributed by atoms with van der Waals surface area (Å²) in [6.07, 6.45) is 5.87. The Hall–Kier alpha value is -0.570. The maximum Gasteiger partial charge on any atom is 0.223 e. The number of rotatable bonds is 6. The van der Waals surface area contributed by atoms with Crippen LogP contribution in [0.15, 0.2) is 0 Å². The first kappa shape index (κ1) is 14.5. The van der Waals surface area contributed by atoms with Crippen molar-refractivity contribution in [2.24, 2.45) is 5.92 Å². The van der Waals surface area contributed by atoms with Crippen molar-refractivity contribution in [1.29, 1.82) is 0 Å². The topological polar surface area (TPSA) is 32.3 Å². The highest BCUT2D eigenvalue weighted by Gasteiger charge is 2.19. The van der Waals surface area contributed by atoms with E-state index in [4.69, 9.17) is 0 Å². The normalized spacial score (nSPS) is 19.3. The molecular formula is C14H28N2O. The molecule has 3 nitrogen and oxygen atoms in total. The smallest absolute Gasteiger partial charge is 0.223 e. The van der Waals surface area contributed by atoms with Gasteiger partial charge in [-0.15, -0.1) is 0 Å². The molecule has 1 rings (SSSR count). The van der Waals surface area contributed by atoms with E-state index in [2.05, 4.69) is 31.0 Å². The predicted octanol–water partition coefficient (Wildman–Crippen LogP) is 2.41. The first-order valence-corrected chi connectivity index (χ1v) is 7.20. The lowest BCUT2D eigenvalue weighted by Gasteiger charge is -2.32. The summed E-state index contributed by atoms with van der Waals surface area (Å²) in [5, 5.41) is 3.10. The van der Waals surface area contributed by atoms with Gasteiger partial charge in [0.2, 0.25) is 5.91 Å². The van der Waals surface area contributed by atoms with Crippen molar-refractivity contribution in [3.63, 3.8) is 0 Å². The molecule has 0 radical (unpaired) electrons. The number of hydrogen-bond donors (Lipinski definition) is 1. The first-order valence-electron chi connectivity index (χ1n) is 7.20. The molecule has 1 amide bonds. The van der Waals surface area contributed by atoms with Crippen molar-refractivity contribution < 1.29 is 4.79 Å². The lowest BCUT2D eigenvalue weighted by Crippen LogP contribution is -2.45. The zero-order valence-corrected chi connectivity index (χ0v) is 11.7. The van der Waals surface area contributed by atoms with Crippen LogP contribution in [0.3, 0.4) is 0 Å². The van der Waals surface area contributed by atoms with Crippen molar-refractivity contribution in [2.45, 2.75) is 58.9 Å². The fraction of sp³-hybridized carbons (Fsp3) is 0.929. The van der Waals surface area contributed by atoms with Crippen molar-refractivity contribution in [3.05, 3.63) is 0 Å². The molecule has 0 aliphatic carbocycles. The number of nitrogens with one attached hydrogen (secondary N) is 1. The molecule has 1 unspecified atom stereocenters. The number of amides is 1. The molecule has 1 N–H and O–H groups in total. The van der Waals surface area contributed by atoms with Crippen LogP contribution < -0.4 is 5.32 Å². The predicted molar refractivity (Wildman–Crippen MR) is 72.0 cm³/mol. The molecule has 1 atom stereocenters. The third-order valence-corrected chi connectivity index (χ3v) is 3.94. The van der Waals surface area contributed by atoms with Crippen molar-refractivity contribution in [3.8, 4) is 0 Å². The Morgan fingerprint density at radius 3 is 2.29 bits per heavy atom. The Morgan fingerprint density at radius 1 is 1.18 bits per heavy atom. The van der Waals surface area contributed by atoms with Crippen molar-refractivity contribution in [1.82, 2.24) is 10.2 Å². The highest BCUT2D eigenvalue weighted by Crippen LogP contribution is 2.12. The van der Waals surface area contributed by atoms with Crippen LogP contribution in [-0.4, -0.2) is 36.5 Å². The number of carbonyl (C=O) groups excluding carboxylic acids is 1. The second kappa shape index (κ2) is 7.70. The van der Waals surface area contributed by atoms with Crippen LogP contribution in [0.25, 0.3) is 0 Å². The Labute approximate surface area is 106 Å². The van der Waals surface area contributed by atoms with E-state index < -0.39 is 0 Å². The van der Waals surface area contributed by atoms with E-state index in [0.717, 1.165) is 19.4 Å². The Balaban J connectivity index is 2.26. The molecule has 0 spiro atoms. The Morgan fingerprint density at radius 2 is 1.76 bits per heavy atom. The van der Waals surface area contributed by atoms with Gasteiger partial charge in [-0.25, -0.2) is 0 Å². The van der Waals surface area contributed by atoms with Gasteiger partial charge in [-0.05, 0) is 45.7 Å². The van der Waals surface area contributed by atoms with Crippen molar-refractivity contribution >= 4 is 5.91 Å². The maximum atomic E-state index is 11.9. The molecule has 1 aliphatic rings. The van der Waals surface area contributed by atoms with Gasteiger partial charge >= 0.3 is 0 Å². The molecule has 3 heteroatoms. The fourth-order valence-electron chi connectivity index (χ4n) is 2.54. The van der Waals surface area contributed by atoms with Gasteiger partial charge in [0.15, 0.2) is 0 Å². The van der Waals surface area contributed by atoms with Crippen LogP contribution in [0.2, 0.25) is 0 Å². The largest absolute Gasteiger partial charge is 0.354 e. The van der Waals surface area contributed by atoms with E-state index in [1.54, 1.807) is 0 Å². The number of nitrogens with zero attached hydrogens (tertiary/aromatic N) is 1. The van der Waals surface area contributed by atoms with E-state index in [1.165, 1.54) is 32.4 Å². The lowest BCUT2D eigenvalue weighted by atomic mass is 10.0. The van der Waals surface area contributed by atoms with E-state index in [1.807, 2.05) is 0 Å². The number of likely N-dealkylation sites (tertiary alicyclic amines) is 1. The molecule has 0 aromatic heterocycles. The summed E-state index contributed by atoms with van der Waals surface area (Å²) in [4.78, 5) is 14.4. The van der Waals surface area contributed by atoms with E-state index >= 15 is 0 Å². The van der Waals surface area contributed by atoms with E-state index in [0.29, 0.717) is 6.04 Å². The molecule has 1 aliphatic heterocycles. The van der Waals surface area contributed by atoms with E-state index in [9.17, 15) is 4.79 Å². The third-order valence-electron chi connectivity index (χ3n) is 3.94. The zero-order valence-electron chi connectivity index (χ0n) is 11.7. The van der Waals surface area contributed by atoms with Gasteiger partial charge in [0.1, 0.15) is 0 Å². The van der Waals surface area contributed by atoms with Gasteiger partial charge in [0.25, 0.3) is 0 Å². The van der Waals surface area contributed by atoms with Gasteiger partial charge in [0.05, 0.1) is 0 Å². The molecule has 17 heavy (non-hydrogen) atoms. The molecule has 1 fully saturated rings. The molecular weight excluding hydrogens is 212 g/mol. The summed E-state index contributed by atoms with van der Waals surface area (Å²) in [5.41, 5.74) is 0. The minimum absolute atomic E-state index is 0.198. The summed E-state index contributed by atoms with van der Waals surface area (Å²) < 4.78 is 0. The summed E-state index contributed by atoms with van der Waals surface area (Å²) in [5.74, 6) is 0.433. The highest BCUT2D eigenvalue weighted by molar-refractivity contribution is 5.78.